The van der Waals surface area contributed by atoms with Gasteiger partial charge in [0.15, 0.2) is 6.61 Å². The number of nitrogens with zero attached hydrogens (tertiary/aromatic N) is 1. The summed E-state index contributed by atoms with van der Waals surface area (Å²) >= 11 is 11.7. The zero-order chi connectivity index (χ0) is 15.2. The molecule has 0 bridgehead atoms. The van der Waals surface area contributed by atoms with E-state index in [1.54, 1.807) is 18.2 Å². The second kappa shape index (κ2) is 7.15. The maximum absolute atomic E-state index is 11.6. The van der Waals surface area contributed by atoms with Crippen molar-refractivity contribution in [2.75, 3.05) is 6.61 Å². The molecule has 21 heavy (non-hydrogen) atoms. The van der Waals surface area contributed by atoms with E-state index in [0.717, 1.165) is 11.4 Å². The Morgan fingerprint density at radius 1 is 1.38 bits per heavy atom. The Morgan fingerprint density at radius 3 is 2.86 bits per heavy atom. The molecule has 1 aromatic carbocycles. The van der Waals surface area contributed by atoms with E-state index < -0.39 is 0 Å². The quantitative estimate of drug-likeness (QED) is 0.655. The van der Waals surface area contributed by atoms with Crippen LogP contribution in [-0.2, 0) is 4.79 Å². The number of aryl methyl sites for hydroxylation is 1. The molecule has 1 amide bonds. The Labute approximate surface area is 131 Å². The van der Waals surface area contributed by atoms with Gasteiger partial charge in [-0.25, -0.2) is 5.43 Å². The van der Waals surface area contributed by atoms with E-state index in [9.17, 15) is 4.79 Å². The highest BCUT2D eigenvalue weighted by atomic mass is 35.5. The Hall–Kier alpha value is -1.98. The fraction of sp³-hybridized carbons (Fsp3) is 0.143. The average Bonchev–Trinajstić information content (AvgIpc) is 2.83. The number of aromatic amines is 1. The number of amides is 1. The van der Waals surface area contributed by atoms with Gasteiger partial charge in [-0.05, 0) is 37.3 Å². The van der Waals surface area contributed by atoms with Crippen LogP contribution in [0.4, 0.5) is 0 Å². The molecular formula is C14H13Cl2N3O2. The molecule has 110 valence electrons. The van der Waals surface area contributed by atoms with Gasteiger partial charge in [-0.2, -0.15) is 5.10 Å². The van der Waals surface area contributed by atoms with Crippen LogP contribution in [-0.4, -0.2) is 23.7 Å². The lowest BCUT2D eigenvalue weighted by Gasteiger charge is -2.06. The monoisotopic (exact) mass is 325 g/mol. The van der Waals surface area contributed by atoms with Crippen molar-refractivity contribution in [1.82, 2.24) is 10.4 Å². The molecule has 0 radical (unpaired) electrons. The highest BCUT2D eigenvalue weighted by molar-refractivity contribution is 6.35. The van der Waals surface area contributed by atoms with Crippen molar-refractivity contribution in [1.29, 1.82) is 0 Å². The zero-order valence-corrected chi connectivity index (χ0v) is 12.7. The number of benzene rings is 1. The number of hydrogen-bond donors (Lipinski definition) is 2. The SMILES string of the molecule is Cc1ccc(/C=N/NC(=O)COc2ccc(Cl)cc2Cl)[nH]1. The predicted octanol–water partition coefficient (Wildman–Crippen LogP) is 3.16. The predicted molar refractivity (Wildman–Crippen MR) is 83.2 cm³/mol. The minimum Gasteiger partial charge on any atom is -0.482 e. The number of aromatic nitrogens is 1. The van der Waals surface area contributed by atoms with Crippen LogP contribution >= 0.6 is 23.2 Å². The van der Waals surface area contributed by atoms with Gasteiger partial charge in [0.25, 0.3) is 5.91 Å². The molecule has 0 aliphatic rings. The molecule has 0 saturated heterocycles. The van der Waals surface area contributed by atoms with E-state index in [1.165, 1.54) is 6.21 Å². The van der Waals surface area contributed by atoms with Gasteiger partial charge in [0.2, 0.25) is 0 Å². The summed E-state index contributed by atoms with van der Waals surface area (Å²) in [6, 6.07) is 8.54. The standard InChI is InChI=1S/C14H13Cl2N3O2/c1-9-2-4-11(18-9)7-17-19-14(20)8-21-13-5-3-10(15)6-12(13)16/h2-7,18H,8H2,1H3,(H,19,20)/b17-7+. The molecule has 7 heteroatoms. The van der Waals surface area contributed by atoms with Crippen molar-refractivity contribution in [3.63, 3.8) is 0 Å². The van der Waals surface area contributed by atoms with Gasteiger partial charge in [-0.1, -0.05) is 23.2 Å². The normalized spacial score (nSPS) is 10.8. The number of H-pyrrole nitrogens is 1. The summed E-state index contributed by atoms with van der Waals surface area (Å²) in [6.45, 7) is 1.74. The number of carbonyl (C=O) groups excluding carboxylic acids is 1. The van der Waals surface area contributed by atoms with Crippen LogP contribution < -0.4 is 10.2 Å². The first-order valence-corrected chi connectivity index (χ1v) is 6.85. The molecule has 1 heterocycles. The third kappa shape index (κ3) is 4.81. The van der Waals surface area contributed by atoms with Crippen molar-refractivity contribution < 1.29 is 9.53 Å². The number of halogens is 2. The fourth-order valence-electron chi connectivity index (χ4n) is 1.54. The highest BCUT2D eigenvalue weighted by Crippen LogP contribution is 2.27. The molecule has 0 spiro atoms. The van der Waals surface area contributed by atoms with E-state index in [4.69, 9.17) is 27.9 Å². The Morgan fingerprint density at radius 2 is 2.19 bits per heavy atom. The molecule has 1 aromatic heterocycles. The Balaban J connectivity index is 1.81. The van der Waals surface area contributed by atoms with Crippen molar-refractivity contribution in [3.05, 3.63) is 51.8 Å². The molecule has 0 unspecified atom stereocenters. The van der Waals surface area contributed by atoms with Crippen LogP contribution in [0, 0.1) is 6.92 Å². The first-order valence-electron chi connectivity index (χ1n) is 6.10. The number of rotatable bonds is 5. The summed E-state index contributed by atoms with van der Waals surface area (Å²) in [7, 11) is 0. The van der Waals surface area contributed by atoms with E-state index >= 15 is 0 Å². The van der Waals surface area contributed by atoms with E-state index in [0.29, 0.717) is 15.8 Å². The van der Waals surface area contributed by atoms with Gasteiger partial charge >= 0.3 is 0 Å². The molecule has 0 atom stereocenters. The first-order chi connectivity index (χ1) is 10.0. The topological polar surface area (TPSA) is 66.5 Å². The molecule has 0 fully saturated rings. The van der Waals surface area contributed by atoms with Crippen molar-refractivity contribution in [3.8, 4) is 5.75 Å². The summed E-state index contributed by atoms with van der Waals surface area (Å²) in [5.74, 6) is 0.000679. The summed E-state index contributed by atoms with van der Waals surface area (Å²) in [5, 5.41) is 4.66. The summed E-state index contributed by atoms with van der Waals surface area (Å²) < 4.78 is 5.28. The lowest BCUT2D eigenvalue weighted by atomic mass is 10.3. The van der Waals surface area contributed by atoms with Gasteiger partial charge in [-0.3, -0.25) is 4.79 Å². The highest BCUT2D eigenvalue weighted by Gasteiger charge is 2.05. The smallest absolute Gasteiger partial charge is 0.277 e. The van der Waals surface area contributed by atoms with Crippen LogP contribution in [0.5, 0.6) is 5.75 Å². The second-order valence-electron chi connectivity index (χ2n) is 4.25. The lowest BCUT2D eigenvalue weighted by molar-refractivity contribution is -0.123. The summed E-state index contributed by atoms with van der Waals surface area (Å²) in [6.07, 6.45) is 1.51. The lowest BCUT2D eigenvalue weighted by Crippen LogP contribution is -2.24. The Kier molecular flexibility index (Phi) is 5.25. The molecule has 2 rings (SSSR count). The summed E-state index contributed by atoms with van der Waals surface area (Å²) in [4.78, 5) is 14.6. The largest absolute Gasteiger partial charge is 0.482 e. The molecule has 5 nitrogen and oxygen atoms in total. The molecule has 0 aliphatic heterocycles. The van der Waals surface area contributed by atoms with Crippen molar-refractivity contribution in [2.24, 2.45) is 5.10 Å². The number of carbonyl (C=O) groups is 1. The average molecular weight is 326 g/mol. The van der Waals surface area contributed by atoms with Gasteiger partial charge in [0.05, 0.1) is 16.9 Å². The molecule has 0 aliphatic carbocycles. The van der Waals surface area contributed by atoms with Crippen LogP contribution in [0.1, 0.15) is 11.4 Å². The van der Waals surface area contributed by atoms with Crippen molar-refractivity contribution in [2.45, 2.75) is 6.92 Å². The van der Waals surface area contributed by atoms with Gasteiger partial charge in [0, 0.05) is 10.7 Å². The zero-order valence-electron chi connectivity index (χ0n) is 11.2. The van der Waals surface area contributed by atoms with Crippen LogP contribution in [0.25, 0.3) is 0 Å². The van der Waals surface area contributed by atoms with E-state index in [-0.39, 0.29) is 12.5 Å². The van der Waals surface area contributed by atoms with Crippen LogP contribution in [0.3, 0.4) is 0 Å². The van der Waals surface area contributed by atoms with Gasteiger partial charge in [0.1, 0.15) is 5.75 Å². The molecule has 2 N–H and O–H groups in total. The number of nitrogens with one attached hydrogen (secondary N) is 2. The van der Waals surface area contributed by atoms with E-state index in [2.05, 4.69) is 15.5 Å². The minimum absolute atomic E-state index is 0.192. The van der Waals surface area contributed by atoms with E-state index in [1.807, 2.05) is 19.1 Å². The van der Waals surface area contributed by atoms with Crippen LogP contribution in [0.15, 0.2) is 35.4 Å². The molecular weight excluding hydrogens is 313 g/mol. The number of ether oxygens (including phenoxy) is 1. The first kappa shape index (κ1) is 15.4. The molecule has 2 aromatic rings. The molecule has 0 saturated carbocycles. The minimum atomic E-state index is -0.388. The second-order valence-corrected chi connectivity index (χ2v) is 5.10. The third-order valence-electron chi connectivity index (χ3n) is 2.50. The number of hydrazone groups is 1. The maximum Gasteiger partial charge on any atom is 0.277 e. The van der Waals surface area contributed by atoms with Gasteiger partial charge < -0.3 is 9.72 Å². The van der Waals surface area contributed by atoms with Crippen LogP contribution in [0.2, 0.25) is 10.0 Å². The van der Waals surface area contributed by atoms with Gasteiger partial charge in [-0.15, -0.1) is 0 Å². The summed E-state index contributed by atoms with van der Waals surface area (Å²) in [5.41, 5.74) is 4.18. The fourth-order valence-corrected chi connectivity index (χ4v) is 2.01. The third-order valence-corrected chi connectivity index (χ3v) is 3.03. The van der Waals surface area contributed by atoms with Crippen molar-refractivity contribution >= 4 is 35.3 Å². The number of hydrogen-bond acceptors (Lipinski definition) is 3. The Bertz CT molecular complexity index is 668. The maximum atomic E-state index is 11.6.